The van der Waals surface area contributed by atoms with E-state index in [-0.39, 0.29) is 17.0 Å². The molecule has 136 valence electrons. The number of rotatable bonds is 4. The minimum Gasteiger partial charge on any atom is -0.350 e. The molecule has 0 aliphatic heterocycles. The summed E-state index contributed by atoms with van der Waals surface area (Å²) in [5, 5.41) is 4.86. The predicted molar refractivity (Wildman–Crippen MR) is 94.7 cm³/mol. The van der Waals surface area contributed by atoms with Crippen LogP contribution in [0.1, 0.15) is 87.5 Å². The predicted octanol–water partition coefficient (Wildman–Crippen LogP) is 3.33. The smallest absolute Gasteiger partial charge is 0.242 e. The van der Waals surface area contributed by atoms with E-state index in [1.54, 1.807) is 5.06 Å². The molecule has 1 aliphatic carbocycles. The average Bonchev–Trinajstić information content (AvgIpc) is 2.33. The maximum atomic E-state index is 12.8. The Morgan fingerprint density at radius 2 is 1.48 bits per heavy atom. The lowest BCUT2D eigenvalue weighted by Crippen LogP contribution is -2.66. The highest BCUT2D eigenvalue weighted by Crippen LogP contribution is 2.34. The van der Waals surface area contributed by atoms with Crippen LogP contribution < -0.4 is 11.1 Å². The van der Waals surface area contributed by atoms with E-state index >= 15 is 0 Å². The van der Waals surface area contributed by atoms with Crippen LogP contribution in [-0.4, -0.2) is 33.3 Å². The highest BCUT2D eigenvalue weighted by molar-refractivity contribution is 5.85. The molecular formula is C18H37N3O2. The first-order valence-corrected chi connectivity index (χ1v) is 8.78. The number of nitrogens with zero attached hydrogens (tertiary/aromatic N) is 1. The molecule has 0 unspecified atom stereocenters. The number of hydroxylamine groups is 2. The van der Waals surface area contributed by atoms with Gasteiger partial charge in [-0.1, -0.05) is 6.42 Å². The van der Waals surface area contributed by atoms with E-state index in [9.17, 15) is 4.79 Å². The number of carbonyl (C=O) groups is 1. The third-order valence-corrected chi connectivity index (χ3v) is 4.13. The fraction of sp³-hybridized carbons (Fsp3) is 0.944. The van der Waals surface area contributed by atoms with Crippen molar-refractivity contribution in [2.75, 3.05) is 0 Å². The number of nitrogens with one attached hydrogen (secondary N) is 1. The second-order valence-corrected chi connectivity index (χ2v) is 9.45. The summed E-state index contributed by atoms with van der Waals surface area (Å²) in [6.45, 7) is 15.9. The van der Waals surface area contributed by atoms with Crippen molar-refractivity contribution in [3.8, 4) is 0 Å². The van der Waals surface area contributed by atoms with Gasteiger partial charge in [-0.25, -0.2) is 0 Å². The molecule has 0 aromatic rings. The zero-order valence-corrected chi connectivity index (χ0v) is 16.4. The molecule has 0 aromatic heterocycles. The van der Waals surface area contributed by atoms with Crippen LogP contribution in [0.15, 0.2) is 0 Å². The third-order valence-electron chi connectivity index (χ3n) is 4.13. The van der Waals surface area contributed by atoms with Crippen LogP contribution in [0.25, 0.3) is 0 Å². The first kappa shape index (κ1) is 20.4. The molecule has 3 N–H and O–H groups in total. The zero-order valence-electron chi connectivity index (χ0n) is 16.4. The summed E-state index contributed by atoms with van der Waals surface area (Å²) < 4.78 is 0. The maximum Gasteiger partial charge on any atom is 0.242 e. The molecule has 0 aromatic carbocycles. The van der Waals surface area contributed by atoms with E-state index in [0.29, 0.717) is 0 Å². The second-order valence-electron chi connectivity index (χ2n) is 9.45. The Bertz CT molecular complexity index is 413. The van der Waals surface area contributed by atoms with Crippen LogP contribution in [0.3, 0.4) is 0 Å². The van der Waals surface area contributed by atoms with Gasteiger partial charge in [0.1, 0.15) is 11.3 Å². The van der Waals surface area contributed by atoms with Crippen LogP contribution in [0, 0.1) is 0 Å². The Balaban J connectivity index is 3.03. The van der Waals surface area contributed by atoms with Gasteiger partial charge in [-0.3, -0.25) is 9.63 Å². The van der Waals surface area contributed by atoms with Crippen molar-refractivity contribution >= 4 is 5.91 Å². The molecule has 0 radical (unpaired) electrons. The molecule has 1 fully saturated rings. The molecule has 0 saturated heterocycles. The highest BCUT2D eigenvalue weighted by Gasteiger charge is 2.46. The molecular weight excluding hydrogens is 290 g/mol. The van der Waals surface area contributed by atoms with Gasteiger partial charge >= 0.3 is 0 Å². The third kappa shape index (κ3) is 5.73. The molecule has 23 heavy (non-hydrogen) atoms. The zero-order chi connectivity index (χ0) is 18.1. The van der Waals surface area contributed by atoms with Crippen molar-refractivity contribution < 1.29 is 9.63 Å². The van der Waals surface area contributed by atoms with E-state index < -0.39 is 11.3 Å². The number of amides is 1. The number of carbonyl (C=O) groups excluding carboxylic acids is 1. The minimum atomic E-state index is -0.824. The van der Waals surface area contributed by atoms with Crippen LogP contribution in [0.2, 0.25) is 0 Å². The molecule has 1 aliphatic rings. The van der Waals surface area contributed by atoms with Gasteiger partial charge in [-0.15, -0.1) is 0 Å². The summed E-state index contributed by atoms with van der Waals surface area (Å²) in [4.78, 5) is 19.1. The van der Waals surface area contributed by atoms with Gasteiger partial charge in [0.15, 0.2) is 0 Å². The number of nitrogens with two attached hydrogens (primary N) is 1. The summed E-state index contributed by atoms with van der Waals surface area (Å²) in [5.74, 6) is -0.0562. The van der Waals surface area contributed by atoms with Gasteiger partial charge in [-0.05, 0) is 81.1 Å². The van der Waals surface area contributed by atoms with Crippen molar-refractivity contribution in [1.82, 2.24) is 10.4 Å². The molecule has 5 nitrogen and oxygen atoms in total. The van der Waals surface area contributed by atoms with Crippen molar-refractivity contribution in [2.24, 2.45) is 5.73 Å². The number of hydrogen-bond acceptors (Lipinski definition) is 4. The lowest BCUT2D eigenvalue weighted by Gasteiger charge is -2.49. The van der Waals surface area contributed by atoms with Gasteiger partial charge in [0.25, 0.3) is 0 Å². The van der Waals surface area contributed by atoms with E-state index in [1.165, 1.54) is 6.42 Å². The Morgan fingerprint density at radius 1 is 1.00 bits per heavy atom. The van der Waals surface area contributed by atoms with Crippen LogP contribution in [0.5, 0.6) is 0 Å². The molecule has 0 heterocycles. The summed E-state index contributed by atoms with van der Waals surface area (Å²) in [5.41, 5.74) is 4.35. The van der Waals surface area contributed by atoms with E-state index in [4.69, 9.17) is 10.6 Å². The summed E-state index contributed by atoms with van der Waals surface area (Å²) >= 11 is 0. The van der Waals surface area contributed by atoms with Crippen LogP contribution in [-0.2, 0) is 9.63 Å². The molecule has 0 atom stereocenters. The molecule has 1 rings (SSSR count). The van der Waals surface area contributed by atoms with Gasteiger partial charge < -0.3 is 11.1 Å². The molecule has 0 bridgehead atoms. The topological polar surface area (TPSA) is 67.6 Å². The largest absolute Gasteiger partial charge is 0.350 e. The quantitative estimate of drug-likeness (QED) is 0.614. The Labute approximate surface area is 142 Å². The van der Waals surface area contributed by atoms with Gasteiger partial charge in [0, 0.05) is 11.1 Å². The minimum absolute atomic E-state index is 0.0562. The SMILES string of the molecule is CC(C)(C)NC(=O)C(C)(C)N(OC1(N)CCCCC1)C(C)(C)C. The molecule has 1 saturated carbocycles. The van der Waals surface area contributed by atoms with Crippen molar-refractivity contribution in [3.05, 3.63) is 0 Å². The first-order valence-electron chi connectivity index (χ1n) is 8.78. The van der Waals surface area contributed by atoms with E-state index in [0.717, 1.165) is 25.7 Å². The average molecular weight is 328 g/mol. The van der Waals surface area contributed by atoms with Crippen LogP contribution in [0.4, 0.5) is 0 Å². The maximum absolute atomic E-state index is 12.8. The normalized spacial score (nSPS) is 19.7. The van der Waals surface area contributed by atoms with Crippen molar-refractivity contribution in [3.63, 3.8) is 0 Å². The molecule has 0 spiro atoms. The summed E-state index contributed by atoms with van der Waals surface area (Å²) in [6.07, 6.45) is 5.00. The Hall–Kier alpha value is -0.650. The first-order chi connectivity index (χ1) is 10.2. The lowest BCUT2D eigenvalue weighted by molar-refractivity contribution is -0.321. The lowest BCUT2D eigenvalue weighted by atomic mass is 9.92. The highest BCUT2D eigenvalue weighted by atomic mass is 16.7. The van der Waals surface area contributed by atoms with E-state index in [1.807, 2.05) is 55.4 Å². The fourth-order valence-corrected chi connectivity index (χ4v) is 3.10. The van der Waals surface area contributed by atoms with Gasteiger partial charge in [0.2, 0.25) is 5.91 Å². The van der Waals surface area contributed by atoms with Crippen LogP contribution >= 0.6 is 0 Å². The number of hydrogen-bond donors (Lipinski definition) is 2. The molecule has 1 amide bonds. The Morgan fingerprint density at radius 3 is 1.87 bits per heavy atom. The second kappa shape index (κ2) is 6.69. The molecule has 5 heteroatoms. The standard InChI is InChI=1S/C18H37N3O2/c1-15(2,3)20-14(22)17(7,8)21(16(4,5)6)23-18(19)12-10-9-11-13-18/h9-13,19H2,1-8H3,(H,20,22). The van der Waals surface area contributed by atoms with Gasteiger partial charge in [-0.2, -0.15) is 5.06 Å². The summed E-state index contributed by atoms with van der Waals surface area (Å²) in [7, 11) is 0. The van der Waals surface area contributed by atoms with Crippen molar-refractivity contribution in [2.45, 2.75) is 110 Å². The van der Waals surface area contributed by atoms with Crippen molar-refractivity contribution in [1.29, 1.82) is 0 Å². The monoisotopic (exact) mass is 327 g/mol. The fourth-order valence-electron chi connectivity index (χ4n) is 3.10. The summed E-state index contributed by atoms with van der Waals surface area (Å²) in [6, 6.07) is 0. The van der Waals surface area contributed by atoms with Gasteiger partial charge in [0.05, 0.1) is 0 Å². The Kier molecular flexibility index (Phi) is 5.93. The van der Waals surface area contributed by atoms with E-state index in [2.05, 4.69) is 5.32 Å².